The summed E-state index contributed by atoms with van der Waals surface area (Å²) >= 11 is 2.71. The smallest absolute Gasteiger partial charge is 0.339 e. The first-order chi connectivity index (χ1) is 6.73. The standard InChI is InChI=1S/C7H4BrFO5S/c8-5-2-3(15(9,13)14)1-4(6(5)10)7(11)12/h1-2,10H,(H,11,12). The average Bonchev–Trinajstić information content (AvgIpc) is 2.06. The molecule has 0 spiro atoms. The van der Waals surface area contributed by atoms with E-state index in [0.717, 1.165) is 6.07 Å². The molecule has 0 aliphatic rings. The van der Waals surface area contributed by atoms with Crippen LogP contribution < -0.4 is 0 Å². The molecule has 1 aromatic rings. The molecule has 0 saturated heterocycles. The lowest BCUT2D eigenvalue weighted by atomic mass is 10.2. The molecule has 0 aromatic heterocycles. The van der Waals surface area contributed by atoms with E-state index in [-0.39, 0.29) is 4.47 Å². The molecule has 0 bridgehead atoms. The summed E-state index contributed by atoms with van der Waals surface area (Å²) in [4.78, 5) is 9.73. The van der Waals surface area contributed by atoms with E-state index in [0.29, 0.717) is 6.07 Å². The van der Waals surface area contributed by atoms with E-state index in [4.69, 9.17) is 5.11 Å². The molecule has 2 N–H and O–H groups in total. The molecule has 0 heterocycles. The van der Waals surface area contributed by atoms with Crippen LogP contribution in [0.15, 0.2) is 21.5 Å². The fraction of sp³-hybridized carbons (Fsp3) is 0. The van der Waals surface area contributed by atoms with Crippen molar-refractivity contribution in [1.29, 1.82) is 0 Å². The molecule has 0 aliphatic heterocycles. The van der Waals surface area contributed by atoms with E-state index in [1.54, 1.807) is 0 Å². The molecule has 5 nitrogen and oxygen atoms in total. The third-order valence-corrected chi connectivity index (χ3v) is 2.95. The van der Waals surface area contributed by atoms with Crippen LogP contribution in [0, 0.1) is 0 Å². The molecule has 15 heavy (non-hydrogen) atoms. The van der Waals surface area contributed by atoms with Gasteiger partial charge in [0, 0.05) is 0 Å². The average molecular weight is 299 g/mol. The van der Waals surface area contributed by atoms with Gasteiger partial charge in [0.05, 0.1) is 4.47 Å². The van der Waals surface area contributed by atoms with Gasteiger partial charge in [0.1, 0.15) is 16.2 Å². The van der Waals surface area contributed by atoms with Crippen molar-refractivity contribution >= 4 is 32.1 Å². The Morgan fingerprint density at radius 3 is 2.33 bits per heavy atom. The molecule has 0 fully saturated rings. The zero-order chi connectivity index (χ0) is 11.8. The lowest BCUT2D eigenvalue weighted by Gasteiger charge is -2.03. The van der Waals surface area contributed by atoms with Gasteiger partial charge in [-0.3, -0.25) is 0 Å². The Kier molecular flexibility index (Phi) is 3.00. The number of aromatic carboxylic acids is 1. The molecule has 0 atom stereocenters. The Bertz CT molecular complexity index is 524. The Balaban J connectivity index is 3.57. The number of hydrogen-bond donors (Lipinski definition) is 2. The van der Waals surface area contributed by atoms with Gasteiger partial charge in [0.25, 0.3) is 0 Å². The molecule has 0 amide bonds. The number of rotatable bonds is 2. The number of carbonyl (C=O) groups is 1. The zero-order valence-electron chi connectivity index (χ0n) is 6.94. The molecule has 82 valence electrons. The fourth-order valence-corrected chi connectivity index (χ4v) is 2.01. The van der Waals surface area contributed by atoms with Crippen LogP contribution in [-0.2, 0) is 10.2 Å². The van der Waals surface area contributed by atoms with Crippen molar-refractivity contribution in [2.75, 3.05) is 0 Å². The number of aromatic hydroxyl groups is 1. The van der Waals surface area contributed by atoms with Gasteiger partial charge in [-0.05, 0) is 28.1 Å². The maximum Gasteiger partial charge on any atom is 0.339 e. The van der Waals surface area contributed by atoms with Gasteiger partial charge >= 0.3 is 16.2 Å². The summed E-state index contributed by atoms with van der Waals surface area (Å²) in [5, 5.41) is 17.8. The number of carboxylic acids is 1. The Morgan fingerprint density at radius 2 is 1.93 bits per heavy atom. The largest absolute Gasteiger partial charge is 0.506 e. The normalized spacial score (nSPS) is 11.3. The van der Waals surface area contributed by atoms with E-state index < -0.39 is 32.4 Å². The second kappa shape index (κ2) is 3.78. The van der Waals surface area contributed by atoms with Crippen LogP contribution in [-0.4, -0.2) is 24.6 Å². The van der Waals surface area contributed by atoms with Crippen molar-refractivity contribution in [2.45, 2.75) is 4.90 Å². The van der Waals surface area contributed by atoms with E-state index in [1.165, 1.54) is 0 Å². The van der Waals surface area contributed by atoms with Crippen molar-refractivity contribution < 1.29 is 27.3 Å². The van der Waals surface area contributed by atoms with Crippen molar-refractivity contribution in [3.8, 4) is 5.75 Å². The Morgan fingerprint density at radius 1 is 1.40 bits per heavy atom. The highest BCUT2D eigenvalue weighted by molar-refractivity contribution is 9.10. The first kappa shape index (κ1) is 11.9. The fourth-order valence-electron chi connectivity index (χ4n) is 0.878. The minimum atomic E-state index is -5.00. The van der Waals surface area contributed by atoms with Gasteiger partial charge < -0.3 is 10.2 Å². The van der Waals surface area contributed by atoms with Gasteiger partial charge in [-0.25, -0.2) is 4.79 Å². The number of hydrogen-bond acceptors (Lipinski definition) is 4. The molecule has 0 radical (unpaired) electrons. The number of benzene rings is 1. The van der Waals surface area contributed by atoms with Gasteiger partial charge in [-0.1, -0.05) is 0 Å². The predicted octanol–water partition coefficient (Wildman–Crippen LogP) is 1.51. The lowest BCUT2D eigenvalue weighted by Crippen LogP contribution is -2.01. The molecule has 8 heteroatoms. The monoisotopic (exact) mass is 298 g/mol. The van der Waals surface area contributed by atoms with Crippen LogP contribution in [0.25, 0.3) is 0 Å². The summed E-state index contributed by atoms with van der Waals surface area (Å²) in [6.45, 7) is 0. The van der Waals surface area contributed by atoms with Crippen LogP contribution >= 0.6 is 15.9 Å². The highest BCUT2D eigenvalue weighted by Gasteiger charge is 2.20. The first-order valence-electron chi connectivity index (χ1n) is 3.44. The van der Waals surface area contributed by atoms with Gasteiger partial charge in [0.2, 0.25) is 0 Å². The zero-order valence-corrected chi connectivity index (χ0v) is 9.34. The van der Waals surface area contributed by atoms with Gasteiger partial charge in [-0.15, -0.1) is 3.89 Å². The molecule has 0 aliphatic carbocycles. The van der Waals surface area contributed by atoms with E-state index >= 15 is 0 Å². The maximum absolute atomic E-state index is 12.6. The first-order valence-corrected chi connectivity index (χ1v) is 5.61. The SMILES string of the molecule is O=C(O)c1cc(S(=O)(=O)F)cc(Br)c1O. The summed E-state index contributed by atoms with van der Waals surface area (Å²) < 4.78 is 33.4. The molecular weight excluding hydrogens is 295 g/mol. The summed E-state index contributed by atoms with van der Waals surface area (Å²) in [7, 11) is -5.00. The Hall–Kier alpha value is -1.15. The quantitative estimate of drug-likeness (QED) is 0.808. The third-order valence-electron chi connectivity index (χ3n) is 1.55. The van der Waals surface area contributed by atoms with Crippen LogP contribution in [0.2, 0.25) is 0 Å². The van der Waals surface area contributed by atoms with E-state index in [9.17, 15) is 22.2 Å². The van der Waals surface area contributed by atoms with E-state index in [2.05, 4.69) is 15.9 Å². The van der Waals surface area contributed by atoms with Crippen LogP contribution in [0.4, 0.5) is 3.89 Å². The number of carboxylic acid groups (broad SMARTS) is 1. The summed E-state index contributed by atoms with van der Waals surface area (Å²) in [5.41, 5.74) is -0.694. The van der Waals surface area contributed by atoms with Crippen molar-refractivity contribution in [3.05, 3.63) is 22.2 Å². The number of phenols is 1. The minimum Gasteiger partial charge on any atom is -0.506 e. The van der Waals surface area contributed by atoms with Crippen LogP contribution in [0.5, 0.6) is 5.75 Å². The molecular formula is C7H4BrFO5S. The van der Waals surface area contributed by atoms with Crippen molar-refractivity contribution in [3.63, 3.8) is 0 Å². The highest BCUT2D eigenvalue weighted by atomic mass is 79.9. The van der Waals surface area contributed by atoms with Crippen LogP contribution in [0.3, 0.4) is 0 Å². The van der Waals surface area contributed by atoms with Crippen molar-refractivity contribution in [1.82, 2.24) is 0 Å². The molecule has 1 aromatic carbocycles. The second-order valence-corrected chi connectivity index (χ2v) is 4.75. The van der Waals surface area contributed by atoms with E-state index in [1.807, 2.05) is 0 Å². The van der Waals surface area contributed by atoms with Crippen LogP contribution in [0.1, 0.15) is 10.4 Å². The summed E-state index contributed by atoms with van der Waals surface area (Å²) in [6, 6.07) is 1.31. The Labute approximate surface area is 92.5 Å². The minimum absolute atomic E-state index is 0.210. The van der Waals surface area contributed by atoms with Crippen molar-refractivity contribution in [2.24, 2.45) is 0 Å². The van der Waals surface area contributed by atoms with Gasteiger partial charge in [-0.2, -0.15) is 8.42 Å². The summed E-state index contributed by atoms with van der Waals surface area (Å²) in [6.07, 6.45) is 0. The third kappa shape index (κ3) is 2.45. The topological polar surface area (TPSA) is 91.7 Å². The molecule has 1 rings (SSSR count). The second-order valence-electron chi connectivity index (χ2n) is 2.54. The van der Waals surface area contributed by atoms with Gasteiger partial charge in [0.15, 0.2) is 0 Å². The summed E-state index contributed by atoms with van der Waals surface area (Å²) in [5.74, 6) is -2.21. The molecule has 0 saturated carbocycles. The highest BCUT2D eigenvalue weighted by Crippen LogP contribution is 2.31. The maximum atomic E-state index is 12.6. The predicted molar refractivity (Wildman–Crippen MR) is 51.1 cm³/mol. The lowest BCUT2D eigenvalue weighted by molar-refractivity contribution is 0.0693. The number of halogens is 2. The molecule has 0 unspecified atom stereocenters.